The monoisotopic (exact) mass is 577 g/mol. The van der Waals surface area contributed by atoms with Gasteiger partial charge < -0.3 is 10.4 Å². The van der Waals surface area contributed by atoms with Crippen molar-refractivity contribution in [3.05, 3.63) is 73.7 Å². The number of alkyl halides is 6. The number of hydrogen-bond acceptors (Lipinski definition) is 2. The SMILES string of the molecule is O=C(NC1(C(=O)O)CC1)c1ccc(C(F)=CC(c2cc(Cl)c(Cl)c(Cl)c2)C(F)(F)F)cc1C(F)(F)F. The Morgan fingerprint density at radius 2 is 1.56 bits per heavy atom. The largest absolute Gasteiger partial charge is 0.480 e. The zero-order chi connectivity index (χ0) is 27.2. The second-order valence-corrected chi connectivity index (χ2v) is 9.12. The molecule has 14 heteroatoms. The maximum atomic E-state index is 14.9. The molecule has 1 fully saturated rings. The number of carbonyl (C=O) groups is 2. The lowest BCUT2D eigenvalue weighted by Gasteiger charge is -2.19. The van der Waals surface area contributed by atoms with Crippen molar-refractivity contribution in [3.8, 4) is 0 Å². The fraction of sp³-hybridized carbons (Fsp3) is 0.273. The molecule has 0 saturated heterocycles. The van der Waals surface area contributed by atoms with Gasteiger partial charge in [-0.1, -0.05) is 40.9 Å². The van der Waals surface area contributed by atoms with Gasteiger partial charge >= 0.3 is 18.3 Å². The molecule has 2 N–H and O–H groups in total. The van der Waals surface area contributed by atoms with E-state index >= 15 is 0 Å². The maximum absolute atomic E-state index is 14.9. The van der Waals surface area contributed by atoms with Crippen LogP contribution in [0.5, 0.6) is 0 Å². The second kappa shape index (κ2) is 9.75. The predicted octanol–water partition coefficient (Wildman–Crippen LogP) is 7.67. The van der Waals surface area contributed by atoms with Gasteiger partial charge in [-0.2, -0.15) is 26.3 Å². The number of carboxylic acids is 1. The molecule has 1 atom stereocenters. The van der Waals surface area contributed by atoms with Crippen molar-refractivity contribution in [1.29, 1.82) is 0 Å². The standard InChI is InChI=1S/C22H13Cl3F7NO3/c23-14-6-10(7-15(24)17(14)25)12(21(27,28)29)8-16(26)9-1-2-11(13(5-9)22(30,31)32)18(34)33-20(3-4-20)19(35)36/h1-2,5-8,12H,3-4H2,(H,33,34)(H,35,36). The van der Waals surface area contributed by atoms with E-state index in [0.717, 1.165) is 12.1 Å². The van der Waals surface area contributed by atoms with E-state index < -0.39 is 63.8 Å². The topological polar surface area (TPSA) is 66.4 Å². The number of aliphatic carboxylic acids is 1. The fourth-order valence-electron chi connectivity index (χ4n) is 3.30. The van der Waals surface area contributed by atoms with Gasteiger partial charge in [0.25, 0.3) is 5.91 Å². The third kappa shape index (κ3) is 5.90. The molecule has 4 nitrogen and oxygen atoms in total. The third-order valence-corrected chi connectivity index (χ3v) is 6.59. The predicted molar refractivity (Wildman–Crippen MR) is 118 cm³/mol. The highest BCUT2D eigenvalue weighted by Crippen LogP contribution is 2.43. The Bertz CT molecular complexity index is 1230. The summed E-state index contributed by atoms with van der Waals surface area (Å²) < 4.78 is 96.9. The minimum Gasteiger partial charge on any atom is -0.480 e. The highest BCUT2D eigenvalue weighted by Gasteiger charge is 2.52. The highest BCUT2D eigenvalue weighted by atomic mass is 35.5. The number of rotatable bonds is 6. The van der Waals surface area contributed by atoms with Gasteiger partial charge in [-0.05, 0) is 48.7 Å². The van der Waals surface area contributed by atoms with Crippen molar-refractivity contribution in [2.45, 2.75) is 36.7 Å². The number of amides is 1. The Hall–Kier alpha value is -2.50. The van der Waals surface area contributed by atoms with Crippen molar-refractivity contribution in [2.24, 2.45) is 0 Å². The van der Waals surface area contributed by atoms with Gasteiger partial charge in [0.05, 0.1) is 26.2 Å². The van der Waals surface area contributed by atoms with Gasteiger partial charge in [-0.3, -0.25) is 4.79 Å². The first-order valence-electron chi connectivity index (χ1n) is 9.82. The minimum absolute atomic E-state index is 0.00242. The average molecular weight is 579 g/mol. The van der Waals surface area contributed by atoms with Crippen LogP contribution in [0, 0.1) is 0 Å². The average Bonchev–Trinajstić information content (AvgIpc) is 3.54. The van der Waals surface area contributed by atoms with Crippen LogP contribution in [0.15, 0.2) is 36.4 Å². The molecule has 1 aliphatic carbocycles. The maximum Gasteiger partial charge on any atom is 0.417 e. The summed E-state index contributed by atoms with van der Waals surface area (Å²) in [5.41, 5.74) is -5.91. The van der Waals surface area contributed by atoms with Crippen molar-refractivity contribution < 1.29 is 45.4 Å². The lowest BCUT2D eigenvalue weighted by molar-refractivity contribution is -0.141. The van der Waals surface area contributed by atoms with E-state index in [1.54, 1.807) is 0 Å². The molecule has 2 aromatic rings. The van der Waals surface area contributed by atoms with Crippen molar-refractivity contribution in [2.75, 3.05) is 0 Å². The quantitative estimate of drug-likeness (QED) is 0.273. The number of benzene rings is 2. The normalized spacial score (nSPS) is 16.4. The molecule has 0 bridgehead atoms. The Morgan fingerprint density at radius 3 is 2.00 bits per heavy atom. The van der Waals surface area contributed by atoms with Crippen LogP contribution in [0.4, 0.5) is 30.7 Å². The van der Waals surface area contributed by atoms with Crippen LogP contribution in [0.3, 0.4) is 0 Å². The lowest BCUT2D eigenvalue weighted by atomic mass is 9.95. The van der Waals surface area contributed by atoms with Gasteiger partial charge in [-0.15, -0.1) is 0 Å². The number of carbonyl (C=O) groups excluding carboxylic acids is 1. The molecule has 194 valence electrons. The zero-order valence-electron chi connectivity index (χ0n) is 17.5. The number of carboxylic acid groups (broad SMARTS) is 1. The first-order chi connectivity index (χ1) is 16.5. The zero-order valence-corrected chi connectivity index (χ0v) is 19.8. The molecule has 0 radical (unpaired) electrons. The Balaban J connectivity index is 2.04. The van der Waals surface area contributed by atoms with Gasteiger partial charge in [0.1, 0.15) is 17.3 Å². The molecule has 36 heavy (non-hydrogen) atoms. The summed E-state index contributed by atoms with van der Waals surface area (Å²) in [7, 11) is 0. The van der Waals surface area contributed by atoms with E-state index in [1.165, 1.54) is 0 Å². The summed E-state index contributed by atoms with van der Waals surface area (Å²) >= 11 is 17.2. The van der Waals surface area contributed by atoms with E-state index in [9.17, 15) is 40.3 Å². The van der Waals surface area contributed by atoms with Crippen molar-refractivity contribution in [3.63, 3.8) is 0 Å². The Kier molecular flexibility index (Phi) is 7.61. The fourth-order valence-corrected chi connectivity index (χ4v) is 3.92. The molecule has 0 aromatic heterocycles. The summed E-state index contributed by atoms with van der Waals surface area (Å²) in [6.45, 7) is 0. The van der Waals surface area contributed by atoms with Crippen LogP contribution in [-0.2, 0) is 11.0 Å². The first kappa shape index (κ1) is 28.1. The third-order valence-electron chi connectivity index (χ3n) is 5.39. The number of nitrogens with one attached hydrogen (secondary N) is 1. The molecule has 1 unspecified atom stereocenters. The summed E-state index contributed by atoms with van der Waals surface area (Å²) in [6.07, 6.45) is -10.3. The number of halogens is 10. The Morgan fingerprint density at radius 1 is 1.00 bits per heavy atom. The van der Waals surface area contributed by atoms with Crippen LogP contribution < -0.4 is 5.32 Å². The number of allylic oxidation sites excluding steroid dienone is 1. The molecule has 1 saturated carbocycles. The van der Waals surface area contributed by atoms with Crippen LogP contribution in [0.25, 0.3) is 5.83 Å². The summed E-state index contributed by atoms with van der Waals surface area (Å²) in [5.74, 6) is -7.15. The van der Waals surface area contributed by atoms with E-state index in [2.05, 4.69) is 0 Å². The molecular formula is C22H13Cl3F7NO3. The van der Waals surface area contributed by atoms with Crippen LogP contribution in [0.2, 0.25) is 15.1 Å². The van der Waals surface area contributed by atoms with Gasteiger partial charge in [0, 0.05) is 5.56 Å². The van der Waals surface area contributed by atoms with Crippen LogP contribution in [0.1, 0.15) is 45.8 Å². The molecule has 1 aliphatic rings. The van der Waals surface area contributed by atoms with E-state index in [-0.39, 0.29) is 40.1 Å². The summed E-state index contributed by atoms with van der Waals surface area (Å²) in [4.78, 5) is 23.6. The van der Waals surface area contributed by atoms with E-state index in [0.29, 0.717) is 12.1 Å². The molecule has 0 heterocycles. The Labute approximate surface area is 213 Å². The van der Waals surface area contributed by atoms with E-state index in [4.69, 9.17) is 39.9 Å². The summed E-state index contributed by atoms with van der Waals surface area (Å²) in [5, 5.41) is 10.2. The molecule has 2 aromatic carbocycles. The molecule has 3 rings (SSSR count). The summed E-state index contributed by atoms with van der Waals surface area (Å²) in [6, 6.07) is 2.98. The minimum atomic E-state index is -5.22. The van der Waals surface area contributed by atoms with Crippen molar-refractivity contribution in [1.82, 2.24) is 5.32 Å². The van der Waals surface area contributed by atoms with Gasteiger partial charge in [0.15, 0.2) is 0 Å². The second-order valence-electron chi connectivity index (χ2n) is 7.93. The number of hydrogen-bond donors (Lipinski definition) is 2. The van der Waals surface area contributed by atoms with Gasteiger partial charge in [-0.25, -0.2) is 9.18 Å². The molecule has 1 amide bonds. The van der Waals surface area contributed by atoms with Gasteiger partial charge in [0.2, 0.25) is 0 Å². The highest BCUT2D eigenvalue weighted by molar-refractivity contribution is 6.48. The molecule has 0 aliphatic heterocycles. The van der Waals surface area contributed by atoms with Crippen LogP contribution >= 0.6 is 34.8 Å². The molecule has 0 spiro atoms. The lowest BCUT2D eigenvalue weighted by Crippen LogP contribution is -2.43. The smallest absolute Gasteiger partial charge is 0.417 e. The van der Waals surface area contributed by atoms with E-state index in [1.807, 2.05) is 5.32 Å². The van der Waals surface area contributed by atoms with Crippen molar-refractivity contribution >= 4 is 52.5 Å². The van der Waals surface area contributed by atoms with Crippen LogP contribution in [-0.4, -0.2) is 28.7 Å². The first-order valence-corrected chi connectivity index (χ1v) is 11.0. The molecular weight excluding hydrogens is 566 g/mol.